The van der Waals surface area contributed by atoms with Crippen LogP contribution in [0.1, 0.15) is 24.2 Å². The monoisotopic (exact) mass is 280 g/mol. The van der Waals surface area contributed by atoms with Gasteiger partial charge in [0.1, 0.15) is 0 Å². The summed E-state index contributed by atoms with van der Waals surface area (Å²) in [5.74, 6) is -0.0255. The van der Waals surface area contributed by atoms with Crippen molar-refractivity contribution in [2.24, 2.45) is 0 Å². The average molecular weight is 280 g/mol. The highest BCUT2D eigenvalue weighted by molar-refractivity contribution is 5.99. The summed E-state index contributed by atoms with van der Waals surface area (Å²) in [5.41, 5.74) is 7.98. The van der Waals surface area contributed by atoms with Crippen LogP contribution >= 0.6 is 0 Å². The van der Waals surface area contributed by atoms with Gasteiger partial charge in [-0.3, -0.25) is 4.79 Å². The van der Waals surface area contributed by atoms with E-state index in [4.69, 9.17) is 15.2 Å². The summed E-state index contributed by atoms with van der Waals surface area (Å²) in [5, 5.41) is 0. The van der Waals surface area contributed by atoms with E-state index >= 15 is 0 Å². The van der Waals surface area contributed by atoms with Crippen LogP contribution in [0.3, 0.4) is 0 Å². The van der Waals surface area contributed by atoms with Crippen molar-refractivity contribution < 1.29 is 14.3 Å². The highest BCUT2D eigenvalue weighted by Crippen LogP contribution is 2.23. The predicted octanol–water partition coefficient (Wildman–Crippen LogP) is 1.96. The van der Waals surface area contributed by atoms with E-state index < -0.39 is 0 Å². The van der Waals surface area contributed by atoms with Crippen molar-refractivity contribution in [2.75, 3.05) is 44.6 Å². The third-order valence-electron chi connectivity index (χ3n) is 3.22. The van der Waals surface area contributed by atoms with Gasteiger partial charge in [0.2, 0.25) is 0 Å². The first-order valence-corrected chi connectivity index (χ1v) is 6.66. The molecule has 1 unspecified atom stereocenters. The highest BCUT2D eigenvalue weighted by atomic mass is 16.5. The molecule has 0 spiro atoms. The molecule has 0 aliphatic rings. The van der Waals surface area contributed by atoms with E-state index in [1.807, 2.05) is 12.1 Å². The maximum Gasteiger partial charge on any atom is 0.161 e. The smallest absolute Gasteiger partial charge is 0.161 e. The lowest BCUT2D eigenvalue weighted by atomic mass is 10.1. The molecule has 0 aliphatic heterocycles. The number of methoxy groups -OCH3 is 2. The summed E-state index contributed by atoms with van der Waals surface area (Å²) < 4.78 is 10.4. The Morgan fingerprint density at radius 2 is 2.05 bits per heavy atom. The lowest BCUT2D eigenvalue weighted by Crippen LogP contribution is -2.38. The largest absolute Gasteiger partial charge is 0.398 e. The fourth-order valence-corrected chi connectivity index (χ4v) is 2.17. The zero-order chi connectivity index (χ0) is 15.1. The summed E-state index contributed by atoms with van der Waals surface area (Å²) in [7, 11) is 3.35. The van der Waals surface area contributed by atoms with Gasteiger partial charge in [-0.25, -0.2) is 0 Å². The topological polar surface area (TPSA) is 64.8 Å². The molecule has 0 aliphatic carbocycles. The van der Waals surface area contributed by atoms with E-state index in [2.05, 4.69) is 11.8 Å². The van der Waals surface area contributed by atoms with Crippen LogP contribution in [0.15, 0.2) is 18.2 Å². The Bertz CT molecular complexity index is 449. The summed E-state index contributed by atoms with van der Waals surface area (Å²) in [6.07, 6.45) is 0. The molecule has 0 saturated carbocycles. The molecule has 1 aromatic carbocycles. The van der Waals surface area contributed by atoms with Crippen molar-refractivity contribution in [1.82, 2.24) is 0 Å². The van der Waals surface area contributed by atoms with Gasteiger partial charge in [-0.05, 0) is 32.0 Å². The molecule has 112 valence electrons. The van der Waals surface area contributed by atoms with Gasteiger partial charge in [0, 0.05) is 43.7 Å². The number of hydrogen-bond donors (Lipinski definition) is 1. The number of nitrogens with zero attached hydrogens (tertiary/aromatic N) is 1. The van der Waals surface area contributed by atoms with Gasteiger partial charge in [0.05, 0.1) is 13.2 Å². The summed E-state index contributed by atoms with van der Waals surface area (Å²) in [6.45, 7) is 5.55. The average Bonchev–Trinajstić information content (AvgIpc) is 2.39. The quantitative estimate of drug-likeness (QED) is 0.582. The molecule has 0 fully saturated rings. The third-order valence-corrected chi connectivity index (χ3v) is 3.22. The van der Waals surface area contributed by atoms with Crippen LogP contribution in [-0.4, -0.2) is 45.8 Å². The molecule has 20 heavy (non-hydrogen) atoms. The van der Waals surface area contributed by atoms with Crippen molar-refractivity contribution in [3.63, 3.8) is 0 Å². The Morgan fingerprint density at radius 3 is 2.55 bits per heavy atom. The molecule has 0 saturated heterocycles. The number of carbonyl (C=O) groups excluding carboxylic acids is 1. The molecule has 2 N–H and O–H groups in total. The normalized spacial score (nSPS) is 12.2. The number of hydrogen-bond acceptors (Lipinski definition) is 5. The minimum absolute atomic E-state index is 0.0255. The molecule has 0 aromatic heterocycles. The minimum Gasteiger partial charge on any atom is -0.398 e. The Morgan fingerprint density at radius 1 is 1.35 bits per heavy atom. The van der Waals surface area contributed by atoms with Crippen LogP contribution in [0.5, 0.6) is 0 Å². The molecule has 1 aromatic rings. The number of anilines is 2. The van der Waals surface area contributed by atoms with E-state index in [1.54, 1.807) is 20.3 Å². The zero-order valence-corrected chi connectivity index (χ0v) is 12.7. The Labute approximate surface area is 120 Å². The lowest BCUT2D eigenvalue weighted by molar-refractivity contribution is 0.101. The molecule has 0 bridgehead atoms. The van der Waals surface area contributed by atoms with E-state index in [0.29, 0.717) is 24.5 Å². The fraction of sp³-hybridized carbons (Fsp3) is 0.533. The maximum atomic E-state index is 11.4. The van der Waals surface area contributed by atoms with Crippen LogP contribution in [-0.2, 0) is 9.47 Å². The first-order valence-electron chi connectivity index (χ1n) is 6.66. The molecular weight excluding hydrogens is 256 g/mol. The maximum absolute atomic E-state index is 11.4. The van der Waals surface area contributed by atoms with Crippen molar-refractivity contribution in [3.05, 3.63) is 23.8 Å². The lowest BCUT2D eigenvalue weighted by Gasteiger charge is -2.31. The van der Waals surface area contributed by atoms with E-state index in [0.717, 1.165) is 12.2 Å². The number of rotatable bonds is 8. The minimum atomic E-state index is -0.0255. The number of ketones is 1. The van der Waals surface area contributed by atoms with Crippen LogP contribution in [0.4, 0.5) is 11.4 Å². The predicted molar refractivity (Wildman–Crippen MR) is 81.4 cm³/mol. The number of ether oxygens (including phenoxy) is 2. The van der Waals surface area contributed by atoms with Crippen molar-refractivity contribution in [1.29, 1.82) is 0 Å². The zero-order valence-electron chi connectivity index (χ0n) is 12.7. The van der Waals surface area contributed by atoms with Crippen LogP contribution in [0, 0.1) is 0 Å². The van der Waals surface area contributed by atoms with Crippen LogP contribution in [0.2, 0.25) is 0 Å². The number of nitrogens with two attached hydrogens (primary N) is 1. The molecule has 5 heteroatoms. The van der Waals surface area contributed by atoms with Gasteiger partial charge < -0.3 is 20.1 Å². The first-order chi connectivity index (χ1) is 9.51. The molecule has 0 heterocycles. The van der Waals surface area contributed by atoms with Crippen molar-refractivity contribution >= 4 is 17.2 Å². The summed E-state index contributed by atoms with van der Waals surface area (Å²) in [4.78, 5) is 13.6. The van der Waals surface area contributed by atoms with Gasteiger partial charge in [0.15, 0.2) is 5.78 Å². The van der Waals surface area contributed by atoms with Gasteiger partial charge in [-0.2, -0.15) is 0 Å². The number of Topliss-reactive ketones (excluding diaryl/α,β-unsaturated/α-hetero) is 1. The van der Waals surface area contributed by atoms with Gasteiger partial charge in [-0.1, -0.05) is 0 Å². The molecule has 1 atom stereocenters. The molecule has 1 rings (SSSR count). The summed E-state index contributed by atoms with van der Waals surface area (Å²) >= 11 is 0. The fourth-order valence-electron chi connectivity index (χ4n) is 2.17. The van der Waals surface area contributed by atoms with Gasteiger partial charge >= 0.3 is 0 Å². The van der Waals surface area contributed by atoms with Crippen LogP contribution in [0.25, 0.3) is 0 Å². The standard InChI is InChI=1S/C15H24N2O3/c1-11(10-20-4)17(7-8-19-3)13-5-6-14(12(2)18)15(16)9-13/h5-6,9,11H,7-8,10,16H2,1-4H3. The molecular formula is C15H24N2O3. The SMILES string of the molecule is COCCN(c1ccc(C(C)=O)c(N)c1)C(C)COC. The van der Waals surface area contributed by atoms with Crippen molar-refractivity contribution in [2.45, 2.75) is 19.9 Å². The second-order valence-corrected chi connectivity index (χ2v) is 4.82. The van der Waals surface area contributed by atoms with Gasteiger partial charge in [0.25, 0.3) is 0 Å². The second kappa shape index (κ2) is 7.87. The van der Waals surface area contributed by atoms with Crippen molar-refractivity contribution in [3.8, 4) is 0 Å². The van der Waals surface area contributed by atoms with Gasteiger partial charge in [-0.15, -0.1) is 0 Å². The Balaban J connectivity index is 3.00. The number of benzene rings is 1. The molecule has 0 amide bonds. The van der Waals surface area contributed by atoms with Crippen LogP contribution < -0.4 is 10.6 Å². The Hall–Kier alpha value is -1.59. The summed E-state index contributed by atoms with van der Waals surface area (Å²) in [6, 6.07) is 5.71. The molecule has 5 nitrogen and oxygen atoms in total. The van der Waals surface area contributed by atoms with E-state index in [1.165, 1.54) is 6.92 Å². The number of carbonyl (C=O) groups is 1. The molecule has 0 radical (unpaired) electrons. The third kappa shape index (κ3) is 4.21. The highest BCUT2D eigenvalue weighted by Gasteiger charge is 2.16. The number of nitrogen functional groups attached to an aromatic ring is 1. The second-order valence-electron chi connectivity index (χ2n) is 4.82. The Kier molecular flexibility index (Phi) is 6.48. The van der Waals surface area contributed by atoms with E-state index in [9.17, 15) is 4.79 Å². The first kappa shape index (κ1) is 16.5. The van der Waals surface area contributed by atoms with E-state index in [-0.39, 0.29) is 11.8 Å².